The van der Waals surface area contributed by atoms with E-state index < -0.39 is 0 Å². The zero-order valence-corrected chi connectivity index (χ0v) is 29.5. The van der Waals surface area contributed by atoms with E-state index in [1.54, 1.807) is 0 Å². The highest BCUT2D eigenvalue weighted by Crippen LogP contribution is 2.39. The van der Waals surface area contributed by atoms with Crippen molar-refractivity contribution >= 4 is 54.4 Å². The standard InChI is InChI=1S/C52H34N2/c1-2-16-42(17-3-1)53-49-21-8-6-19-44(49)46-33-40(28-30-51(46)53)36-26-24-35(25-27-36)38-14-10-15-39(32-38)41-29-31-52-47(34-41)45-20-7-9-22-50(45)54(52)48-23-11-13-37-12-4-5-18-43(37)48/h1-34H. The van der Waals surface area contributed by atoms with Gasteiger partial charge in [-0.1, -0.05) is 146 Å². The minimum Gasteiger partial charge on any atom is -0.309 e. The van der Waals surface area contributed by atoms with Gasteiger partial charge in [0.25, 0.3) is 0 Å². The second-order valence-electron chi connectivity index (χ2n) is 14.2. The lowest BCUT2D eigenvalue weighted by Gasteiger charge is -2.12. The van der Waals surface area contributed by atoms with Crippen molar-refractivity contribution in [2.45, 2.75) is 0 Å². The number of rotatable bonds is 5. The van der Waals surface area contributed by atoms with Crippen LogP contribution in [0.3, 0.4) is 0 Å². The first-order valence-corrected chi connectivity index (χ1v) is 18.6. The summed E-state index contributed by atoms with van der Waals surface area (Å²) in [4.78, 5) is 0. The number of hydrogen-bond acceptors (Lipinski definition) is 0. The highest BCUT2D eigenvalue weighted by Gasteiger charge is 2.16. The van der Waals surface area contributed by atoms with E-state index in [4.69, 9.17) is 0 Å². The molecule has 0 aliphatic rings. The molecule has 0 aliphatic carbocycles. The molecule has 0 aliphatic heterocycles. The van der Waals surface area contributed by atoms with Gasteiger partial charge in [0.1, 0.15) is 0 Å². The molecule has 0 spiro atoms. The Morgan fingerprint density at radius 2 is 0.685 bits per heavy atom. The van der Waals surface area contributed by atoms with Crippen LogP contribution >= 0.6 is 0 Å². The third kappa shape index (κ3) is 4.81. The van der Waals surface area contributed by atoms with Gasteiger partial charge in [0, 0.05) is 32.6 Å². The van der Waals surface area contributed by atoms with Gasteiger partial charge in [-0.3, -0.25) is 0 Å². The van der Waals surface area contributed by atoms with E-state index in [1.807, 2.05) is 0 Å². The molecule has 11 rings (SSSR count). The Balaban J connectivity index is 0.955. The van der Waals surface area contributed by atoms with Crippen LogP contribution in [0.5, 0.6) is 0 Å². The topological polar surface area (TPSA) is 9.86 Å². The third-order valence-electron chi connectivity index (χ3n) is 11.1. The lowest BCUT2D eigenvalue weighted by atomic mass is 9.96. The zero-order chi connectivity index (χ0) is 35.6. The van der Waals surface area contributed by atoms with Crippen LogP contribution in [0, 0.1) is 0 Å². The highest BCUT2D eigenvalue weighted by atomic mass is 15.0. The summed E-state index contributed by atoms with van der Waals surface area (Å²) in [6.45, 7) is 0. The van der Waals surface area contributed by atoms with Gasteiger partial charge in [-0.05, 0) is 99.4 Å². The van der Waals surface area contributed by atoms with E-state index in [1.165, 1.54) is 99.1 Å². The van der Waals surface area contributed by atoms with Crippen molar-refractivity contribution in [3.05, 3.63) is 206 Å². The molecular weight excluding hydrogens is 653 g/mol. The predicted molar refractivity (Wildman–Crippen MR) is 229 cm³/mol. The van der Waals surface area contributed by atoms with Crippen molar-refractivity contribution in [1.29, 1.82) is 0 Å². The van der Waals surface area contributed by atoms with Gasteiger partial charge in [0.15, 0.2) is 0 Å². The summed E-state index contributed by atoms with van der Waals surface area (Å²) in [6, 6.07) is 75.1. The van der Waals surface area contributed by atoms with Crippen molar-refractivity contribution < 1.29 is 0 Å². The predicted octanol–water partition coefficient (Wildman–Crippen LogP) is 14.0. The molecule has 2 heteroatoms. The maximum atomic E-state index is 2.42. The molecule has 0 atom stereocenters. The Hall–Kier alpha value is -7.16. The maximum absolute atomic E-state index is 2.42. The summed E-state index contributed by atoms with van der Waals surface area (Å²) in [5, 5.41) is 7.55. The Morgan fingerprint density at radius 1 is 0.241 bits per heavy atom. The molecule has 0 saturated heterocycles. The van der Waals surface area contributed by atoms with Crippen LogP contribution in [0.1, 0.15) is 0 Å². The summed E-state index contributed by atoms with van der Waals surface area (Å²) < 4.78 is 4.79. The lowest BCUT2D eigenvalue weighted by molar-refractivity contribution is 1.18. The van der Waals surface area contributed by atoms with Gasteiger partial charge in [-0.15, -0.1) is 0 Å². The minimum absolute atomic E-state index is 1.18. The normalized spacial score (nSPS) is 11.7. The fourth-order valence-electron chi connectivity index (χ4n) is 8.56. The first-order valence-electron chi connectivity index (χ1n) is 18.6. The van der Waals surface area contributed by atoms with Crippen LogP contribution < -0.4 is 0 Å². The van der Waals surface area contributed by atoms with E-state index in [0.717, 1.165) is 0 Å². The Kier molecular flexibility index (Phi) is 6.90. The van der Waals surface area contributed by atoms with Crippen LogP contribution in [0.2, 0.25) is 0 Å². The average Bonchev–Trinajstić information content (AvgIpc) is 3.76. The van der Waals surface area contributed by atoms with Crippen LogP contribution in [0.25, 0.3) is 99.1 Å². The van der Waals surface area contributed by atoms with Gasteiger partial charge in [-0.25, -0.2) is 0 Å². The fourth-order valence-corrected chi connectivity index (χ4v) is 8.56. The zero-order valence-electron chi connectivity index (χ0n) is 29.5. The number of nitrogens with zero attached hydrogens (tertiary/aromatic N) is 2. The van der Waals surface area contributed by atoms with Crippen molar-refractivity contribution in [2.75, 3.05) is 0 Å². The minimum atomic E-state index is 1.18. The molecule has 54 heavy (non-hydrogen) atoms. The molecule has 252 valence electrons. The van der Waals surface area contributed by atoms with Crippen molar-refractivity contribution in [3.8, 4) is 44.8 Å². The SMILES string of the molecule is c1ccc(-n2c3ccccc3c3cc(-c4ccc(-c5cccc(-c6ccc7c(c6)c6ccccc6n7-c6cccc7ccccc67)c5)cc4)ccc32)cc1. The second-order valence-corrected chi connectivity index (χ2v) is 14.2. The largest absolute Gasteiger partial charge is 0.309 e. The molecule has 0 fully saturated rings. The Morgan fingerprint density at radius 3 is 1.37 bits per heavy atom. The summed E-state index contributed by atoms with van der Waals surface area (Å²) in [5.41, 5.74) is 14.5. The Bertz CT molecular complexity index is 3190. The third-order valence-corrected chi connectivity index (χ3v) is 11.1. The number of benzene rings is 9. The van der Waals surface area contributed by atoms with Gasteiger partial charge < -0.3 is 9.13 Å². The lowest BCUT2D eigenvalue weighted by Crippen LogP contribution is -1.95. The molecule has 0 unspecified atom stereocenters. The molecule has 11 aromatic rings. The molecule has 2 aromatic heterocycles. The molecule has 9 aromatic carbocycles. The van der Waals surface area contributed by atoms with Gasteiger partial charge in [-0.2, -0.15) is 0 Å². The van der Waals surface area contributed by atoms with Gasteiger partial charge in [0.05, 0.1) is 27.8 Å². The van der Waals surface area contributed by atoms with E-state index in [9.17, 15) is 0 Å². The molecule has 0 saturated carbocycles. The second kappa shape index (κ2) is 12.2. The van der Waals surface area contributed by atoms with Crippen LogP contribution in [0.15, 0.2) is 206 Å². The fraction of sp³-hybridized carbons (Fsp3) is 0. The Labute approximate surface area is 313 Å². The van der Waals surface area contributed by atoms with Gasteiger partial charge >= 0.3 is 0 Å². The first kappa shape index (κ1) is 30.5. The van der Waals surface area contributed by atoms with Crippen LogP contribution in [-0.2, 0) is 0 Å². The van der Waals surface area contributed by atoms with Crippen molar-refractivity contribution in [2.24, 2.45) is 0 Å². The monoisotopic (exact) mass is 686 g/mol. The first-order chi connectivity index (χ1) is 26.8. The molecule has 2 nitrogen and oxygen atoms in total. The molecule has 0 bridgehead atoms. The molecular formula is C52H34N2. The molecule has 0 amide bonds. The number of fused-ring (bicyclic) bond motifs is 7. The number of para-hydroxylation sites is 3. The summed E-state index contributed by atoms with van der Waals surface area (Å²) in [5.74, 6) is 0. The number of aromatic nitrogens is 2. The smallest absolute Gasteiger partial charge is 0.0541 e. The summed E-state index contributed by atoms with van der Waals surface area (Å²) in [7, 11) is 0. The van der Waals surface area contributed by atoms with Crippen LogP contribution in [-0.4, -0.2) is 9.13 Å². The molecule has 2 heterocycles. The molecule has 0 N–H and O–H groups in total. The summed E-state index contributed by atoms with van der Waals surface area (Å²) >= 11 is 0. The van der Waals surface area contributed by atoms with Gasteiger partial charge in [0.2, 0.25) is 0 Å². The van der Waals surface area contributed by atoms with E-state index in [0.29, 0.717) is 0 Å². The van der Waals surface area contributed by atoms with Crippen LogP contribution in [0.4, 0.5) is 0 Å². The quantitative estimate of drug-likeness (QED) is 0.171. The van der Waals surface area contributed by atoms with E-state index in [2.05, 4.69) is 215 Å². The van der Waals surface area contributed by atoms with E-state index in [-0.39, 0.29) is 0 Å². The van der Waals surface area contributed by atoms with Crippen molar-refractivity contribution in [3.63, 3.8) is 0 Å². The summed E-state index contributed by atoms with van der Waals surface area (Å²) in [6.07, 6.45) is 0. The average molecular weight is 687 g/mol. The highest BCUT2D eigenvalue weighted by molar-refractivity contribution is 6.12. The maximum Gasteiger partial charge on any atom is 0.0541 e. The number of hydrogen-bond donors (Lipinski definition) is 0. The van der Waals surface area contributed by atoms with Crippen molar-refractivity contribution in [1.82, 2.24) is 9.13 Å². The molecule has 0 radical (unpaired) electrons. The van der Waals surface area contributed by atoms with E-state index >= 15 is 0 Å².